The van der Waals surface area contributed by atoms with Gasteiger partial charge in [-0.1, -0.05) is 0 Å². The molecule has 2 N–H and O–H groups in total. The van der Waals surface area contributed by atoms with Crippen molar-refractivity contribution in [3.05, 3.63) is 0 Å². The predicted octanol–water partition coefficient (Wildman–Crippen LogP) is 1.79. The number of hydrogen-bond acceptors (Lipinski definition) is 2. The van der Waals surface area contributed by atoms with Crippen LogP contribution in [0.4, 0.5) is 8.78 Å². The van der Waals surface area contributed by atoms with Crippen molar-refractivity contribution in [1.29, 1.82) is 0 Å². The molecular weight excluding hydrogens is 250 g/mol. The van der Waals surface area contributed by atoms with Gasteiger partial charge in [-0.2, -0.15) is 0 Å². The van der Waals surface area contributed by atoms with Crippen molar-refractivity contribution in [2.24, 2.45) is 11.7 Å². The van der Waals surface area contributed by atoms with Crippen LogP contribution in [0.2, 0.25) is 0 Å². The van der Waals surface area contributed by atoms with E-state index in [-0.39, 0.29) is 36.3 Å². The fraction of sp³-hybridized carbons (Fsp3) is 0.909. The maximum Gasteiger partial charge on any atom is 0.255 e. The van der Waals surface area contributed by atoms with Crippen molar-refractivity contribution in [1.82, 2.24) is 4.90 Å². The van der Waals surface area contributed by atoms with Gasteiger partial charge < -0.3 is 10.6 Å². The summed E-state index contributed by atoms with van der Waals surface area (Å²) >= 11 is 0. The van der Waals surface area contributed by atoms with Crippen LogP contribution in [0.15, 0.2) is 0 Å². The summed E-state index contributed by atoms with van der Waals surface area (Å²) in [5.74, 6) is -0.217. The van der Waals surface area contributed by atoms with Crippen molar-refractivity contribution in [2.75, 3.05) is 6.54 Å². The van der Waals surface area contributed by atoms with Crippen molar-refractivity contribution in [2.45, 2.75) is 50.6 Å². The van der Waals surface area contributed by atoms with Crippen LogP contribution >= 0.6 is 12.4 Å². The van der Waals surface area contributed by atoms with Crippen molar-refractivity contribution in [3.63, 3.8) is 0 Å². The van der Waals surface area contributed by atoms with Gasteiger partial charge in [0.05, 0.1) is 6.54 Å². The molecule has 2 saturated carbocycles. The first-order valence-corrected chi connectivity index (χ1v) is 5.92. The second-order valence-corrected chi connectivity index (χ2v) is 4.88. The zero-order valence-corrected chi connectivity index (χ0v) is 10.5. The lowest BCUT2D eigenvalue weighted by Crippen LogP contribution is -2.40. The van der Waals surface area contributed by atoms with Crippen molar-refractivity contribution >= 4 is 18.3 Å². The molecule has 0 aromatic rings. The summed E-state index contributed by atoms with van der Waals surface area (Å²) in [5.41, 5.74) is 5.74. The fourth-order valence-electron chi connectivity index (χ4n) is 2.43. The Kier molecular flexibility index (Phi) is 5.13. The highest BCUT2D eigenvalue weighted by atomic mass is 35.5. The van der Waals surface area contributed by atoms with E-state index in [1.165, 1.54) is 4.90 Å². The van der Waals surface area contributed by atoms with E-state index in [1.807, 2.05) is 0 Å². The molecule has 2 atom stereocenters. The molecule has 0 bridgehead atoms. The standard InChI is InChI=1S/C11H18F2N2O.ClH/c12-10(13)6-15(9-3-4-9)11(16)7-1-2-8(14)5-7;/h7-10H,1-6,14H2;1H. The summed E-state index contributed by atoms with van der Waals surface area (Å²) in [7, 11) is 0. The molecule has 2 aliphatic carbocycles. The lowest BCUT2D eigenvalue weighted by molar-refractivity contribution is -0.138. The van der Waals surface area contributed by atoms with Gasteiger partial charge in [0.2, 0.25) is 5.91 Å². The third-order valence-electron chi connectivity index (χ3n) is 3.43. The SMILES string of the molecule is Cl.NC1CCC(C(=O)N(CC(F)F)C2CC2)C1. The van der Waals surface area contributed by atoms with Crippen molar-refractivity contribution in [3.8, 4) is 0 Å². The summed E-state index contributed by atoms with van der Waals surface area (Å²) in [5, 5.41) is 0. The first kappa shape index (κ1) is 14.6. The molecule has 3 nitrogen and oxygen atoms in total. The monoisotopic (exact) mass is 268 g/mol. The van der Waals surface area contributed by atoms with Gasteiger partial charge in [0.15, 0.2) is 0 Å². The van der Waals surface area contributed by atoms with E-state index in [2.05, 4.69) is 0 Å². The Balaban J connectivity index is 0.00000144. The highest BCUT2D eigenvalue weighted by Crippen LogP contribution is 2.32. The van der Waals surface area contributed by atoms with Gasteiger partial charge in [-0.25, -0.2) is 8.78 Å². The average molecular weight is 269 g/mol. The lowest BCUT2D eigenvalue weighted by atomic mass is 10.1. The number of hydrogen-bond donors (Lipinski definition) is 1. The largest absolute Gasteiger partial charge is 0.334 e. The minimum atomic E-state index is -2.43. The Morgan fingerprint density at radius 3 is 2.35 bits per heavy atom. The second kappa shape index (κ2) is 5.96. The number of halogens is 3. The molecule has 0 aliphatic heterocycles. The number of amides is 1. The molecule has 0 aromatic heterocycles. The maximum absolute atomic E-state index is 12.4. The van der Waals surface area contributed by atoms with E-state index >= 15 is 0 Å². The summed E-state index contributed by atoms with van der Waals surface area (Å²) in [6.45, 7) is -0.408. The number of nitrogens with zero attached hydrogens (tertiary/aromatic N) is 1. The van der Waals surface area contributed by atoms with Crippen LogP contribution in [-0.4, -0.2) is 35.9 Å². The van der Waals surface area contributed by atoms with Gasteiger partial charge in [0, 0.05) is 18.0 Å². The fourth-order valence-corrected chi connectivity index (χ4v) is 2.43. The lowest BCUT2D eigenvalue weighted by Gasteiger charge is -2.25. The molecule has 17 heavy (non-hydrogen) atoms. The number of carbonyl (C=O) groups is 1. The van der Waals surface area contributed by atoms with Gasteiger partial charge in [0.25, 0.3) is 6.43 Å². The molecule has 0 spiro atoms. The van der Waals surface area contributed by atoms with Crippen LogP contribution in [0.3, 0.4) is 0 Å². The van der Waals surface area contributed by atoms with Crippen LogP contribution in [0, 0.1) is 5.92 Å². The Bertz CT molecular complexity index is 274. The Morgan fingerprint density at radius 1 is 1.29 bits per heavy atom. The van der Waals surface area contributed by atoms with Crippen LogP contribution in [-0.2, 0) is 4.79 Å². The third-order valence-corrected chi connectivity index (χ3v) is 3.43. The number of carbonyl (C=O) groups excluding carboxylic acids is 1. The van der Waals surface area contributed by atoms with Crippen LogP contribution in [0.1, 0.15) is 32.1 Å². The molecule has 0 heterocycles. The van der Waals surface area contributed by atoms with Gasteiger partial charge in [-0.15, -0.1) is 12.4 Å². The number of rotatable bonds is 4. The van der Waals surface area contributed by atoms with Gasteiger partial charge in [-0.3, -0.25) is 4.79 Å². The Labute approximate surface area is 106 Å². The highest BCUT2D eigenvalue weighted by Gasteiger charge is 2.39. The van der Waals surface area contributed by atoms with E-state index < -0.39 is 13.0 Å². The van der Waals surface area contributed by atoms with Crippen LogP contribution in [0.5, 0.6) is 0 Å². The van der Waals surface area contributed by atoms with Gasteiger partial charge >= 0.3 is 0 Å². The van der Waals surface area contributed by atoms with Gasteiger partial charge in [0.1, 0.15) is 0 Å². The summed E-state index contributed by atoms with van der Waals surface area (Å²) in [4.78, 5) is 13.4. The molecule has 2 unspecified atom stereocenters. The Morgan fingerprint density at radius 2 is 1.94 bits per heavy atom. The van der Waals surface area contributed by atoms with E-state index in [1.54, 1.807) is 0 Å². The molecule has 0 radical (unpaired) electrons. The molecule has 0 aromatic carbocycles. The van der Waals surface area contributed by atoms with E-state index in [0.717, 1.165) is 25.7 Å². The zero-order valence-electron chi connectivity index (χ0n) is 9.65. The first-order chi connectivity index (χ1) is 7.58. The van der Waals surface area contributed by atoms with Crippen molar-refractivity contribution < 1.29 is 13.6 Å². The number of alkyl halides is 2. The minimum Gasteiger partial charge on any atom is -0.334 e. The smallest absolute Gasteiger partial charge is 0.255 e. The molecule has 1 amide bonds. The topological polar surface area (TPSA) is 46.3 Å². The predicted molar refractivity (Wildman–Crippen MR) is 63.3 cm³/mol. The number of nitrogens with two attached hydrogens (primary N) is 1. The molecule has 2 rings (SSSR count). The van der Waals surface area contributed by atoms with E-state index in [9.17, 15) is 13.6 Å². The maximum atomic E-state index is 12.4. The highest BCUT2D eigenvalue weighted by molar-refractivity contribution is 5.85. The summed E-state index contributed by atoms with van der Waals surface area (Å²) < 4.78 is 24.8. The van der Waals surface area contributed by atoms with Crippen LogP contribution in [0.25, 0.3) is 0 Å². The first-order valence-electron chi connectivity index (χ1n) is 5.92. The third kappa shape index (κ3) is 3.78. The minimum absolute atomic E-state index is 0. The normalized spacial score (nSPS) is 28.0. The zero-order chi connectivity index (χ0) is 11.7. The molecule has 100 valence electrons. The average Bonchev–Trinajstić information content (AvgIpc) is 2.96. The molecule has 6 heteroatoms. The van der Waals surface area contributed by atoms with Gasteiger partial charge in [-0.05, 0) is 32.1 Å². The second-order valence-electron chi connectivity index (χ2n) is 4.88. The summed E-state index contributed by atoms with van der Waals surface area (Å²) in [6, 6.07) is 0.139. The van der Waals surface area contributed by atoms with Crippen LogP contribution < -0.4 is 5.73 Å². The quantitative estimate of drug-likeness (QED) is 0.845. The summed E-state index contributed by atoms with van der Waals surface area (Å²) in [6.07, 6.45) is 1.56. The van der Waals surface area contributed by atoms with E-state index in [4.69, 9.17) is 5.73 Å². The molecule has 2 fully saturated rings. The Hall–Kier alpha value is -0.420. The van der Waals surface area contributed by atoms with E-state index in [0.29, 0.717) is 6.42 Å². The molecule has 2 aliphatic rings. The molecule has 0 saturated heterocycles. The molecular formula is C11H19ClF2N2O.